The van der Waals surface area contributed by atoms with Gasteiger partial charge >= 0.3 is 22.7 Å². The standard InChI is InChI=1S/C20H21N3O6S2.C17H19N5O4S3.C16H20N4O4S2/c1-22(31(27,28)14-4-5-17-13(11-14)3-6-18(24)29-17)8-2-9-23-16-7-10-30-12-15(16)19(25)21-20(23)26;1-21(29(25,26)14-5-2-4-12-15(14)20-28-19-12)7-3-8-22-13-6-9-27-10-11(13)16(23)18-17(22)24;1-19(26(23,24)12-4-2-6-17-10-12)7-3-8-20-14-5-9-25-11-13(14)15(21)18-16(20)22/h3-6,11H,2,7-10,12H2,1H3,(H,21,25,26);2,4-5H,3,6-10H2,1H3,(H,18,23,24);2,4,6,10H,3,5,7-9,11H2,1H3,(H,18,21,22). The first kappa shape index (κ1) is 63.9. The minimum atomic E-state index is -3.76. The molecule has 0 amide bonds. The van der Waals surface area contributed by atoms with Crippen LogP contribution >= 0.6 is 47.0 Å². The number of thioether (sulfide) groups is 3. The summed E-state index contributed by atoms with van der Waals surface area (Å²) in [6.45, 7) is 1.68. The average Bonchev–Trinajstić information content (AvgIpc) is 3.74. The van der Waals surface area contributed by atoms with E-state index in [1.54, 1.807) is 67.2 Å². The van der Waals surface area contributed by atoms with E-state index in [9.17, 15) is 58.8 Å². The monoisotopic (exact) mass is 1310 g/mol. The second-order valence-electron chi connectivity index (χ2n) is 20.0. The van der Waals surface area contributed by atoms with E-state index in [-0.39, 0.29) is 51.0 Å². The van der Waals surface area contributed by atoms with Crippen molar-refractivity contribution in [2.45, 2.75) is 90.1 Å². The smallest absolute Gasteiger partial charge is 0.336 e. The highest BCUT2D eigenvalue weighted by Gasteiger charge is 2.27. The number of sulfonamides is 3. The zero-order valence-corrected chi connectivity index (χ0v) is 52.5. The van der Waals surface area contributed by atoms with Crippen LogP contribution < -0.4 is 39.4 Å². The van der Waals surface area contributed by atoms with Crippen molar-refractivity contribution >= 4 is 99.1 Å². The van der Waals surface area contributed by atoms with Gasteiger partial charge in [-0.3, -0.25) is 48.0 Å². The summed E-state index contributed by atoms with van der Waals surface area (Å²) < 4.78 is 98.5. The molecule has 0 aliphatic carbocycles. The molecule has 86 heavy (non-hydrogen) atoms. The lowest BCUT2D eigenvalue weighted by Crippen LogP contribution is -2.37. The van der Waals surface area contributed by atoms with Crippen LogP contribution in [0.15, 0.2) is 126 Å². The van der Waals surface area contributed by atoms with Crippen LogP contribution in [0.3, 0.4) is 0 Å². The van der Waals surface area contributed by atoms with Gasteiger partial charge in [0, 0.05) is 135 Å². The quantitative estimate of drug-likeness (QED) is 0.104. The molecule has 0 bridgehead atoms. The van der Waals surface area contributed by atoms with Gasteiger partial charge in [-0.1, -0.05) is 6.07 Å². The van der Waals surface area contributed by atoms with Crippen LogP contribution in [0.2, 0.25) is 0 Å². The largest absolute Gasteiger partial charge is 0.423 e. The molecule has 6 aromatic heterocycles. The van der Waals surface area contributed by atoms with Crippen molar-refractivity contribution in [3.8, 4) is 0 Å². The Morgan fingerprint density at radius 2 is 1.02 bits per heavy atom. The van der Waals surface area contributed by atoms with Crippen molar-refractivity contribution in [1.29, 1.82) is 0 Å². The molecule has 458 valence electrons. The fourth-order valence-electron chi connectivity index (χ4n) is 9.95. The molecule has 0 radical (unpaired) electrons. The summed E-state index contributed by atoms with van der Waals surface area (Å²) in [6, 6.07) is 15.0. The summed E-state index contributed by atoms with van der Waals surface area (Å²) in [6.07, 6.45) is 6.10. The Kier molecular flexibility index (Phi) is 20.6. The summed E-state index contributed by atoms with van der Waals surface area (Å²) >= 11 is 5.96. The fraction of sp³-hybridized carbons (Fsp3) is 0.396. The third-order valence-electron chi connectivity index (χ3n) is 14.6. The first-order valence-corrected chi connectivity index (χ1v) is 35.4. The van der Waals surface area contributed by atoms with Crippen LogP contribution in [-0.2, 0) is 86.2 Å². The van der Waals surface area contributed by atoms with E-state index >= 15 is 0 Å². The zero-order chi connectivity index (χ0) is 61.5. The zero-order valence-electron chi connectivity index (χ0n) is 46.8. The predicted molar refractivity (Wildman–Crippen MR) is 331 cm³/mol. The minimum Gasteiger partial charge on any atom is -0.423 e. The number of pyridine rings is 1. The maximum absolute atomic E-state index is 13.0. The van der Waals surface area contributed by atoms with E-state index < -0.39 is 52.8 Å². The molecule has 8 aromatic rings. The molecule has 9 heterocycles. The van der Waals surface area contributed by atoms with Crippen molar-refractivity contribution in [3.63, 3.8) is 0 Å². The maximum Gasteiger partial charge on any atom is 0.336 e. The third kappa shape index (κ3) is 14.2. The van der Waals surface area contributed by atoms with Crippen molar-refractivity contribution < 1.29 is 29.7 Å². The Morgan fingerprint density at radius 3 is 1.50 bits per heavy atom. The van der Waals surface area contributed by atoms with Crippen molar-refractivity contribution in [2.24, 2.45) is 0 Å². The number of rotatable bonds is 18. The van der Waals surface area contributed by atoms with Gasteiger partial charge < -0.3 is 4.42 Å². The van der Waals surface area contributed by atoms with Gasteiger partial charge in [-0.05, 0) is 104 Å². The summed E-state index contributed by atoms with van der Waals surface area (Å²) in [5, 5.41) is 0.512. The van der Waals surface area contributed by atoms with Crippen LogP contribution in [0.25, 0.3) is 22.0 Å². The first-order valence-electron chi connectivity index (χ1n) is 26.9. The highest BCUT2D eigenvalue weighted by molar-refractivity contribution is 7.99. The summed E-state index contributed by atoms with van der Waals surface area (Å²) in [5.41, 5.74) is 2.62. The number of benzene rings is 2. The fourth-order valence-corrected chi connectivity index (χ4v) is 17.3. The second-order valence-corrected chi connectivity index (χ2v) is 29.9. The lowest BCUT2D eigenvalue weighted by Gasteiger charge is -2.21. The van der Waals surface area contributed by atoms with E-state index in [4.69, 9.17) is 4.42 Å². The molecule has 33 heteroatoms. The first-order chi connectivity index (χ1) is 41.1. The van der Waals surface area contributed by atoms with Crippen LogP contribution in [0.4, 0.5) is 0 Å². The molecular formula is C53H60N12O14S7. The molecular weight excluding hydrogens is 1250 g/mol. The highest BCUT2D eigenvalue weighted by Crippen LogP contribution is 2.27. The molecule has 0 saturated heterocycles. The van der Waals surface area contributed by atoms with Crippen molar-refractivity contribution in [2.75, 3.05) is 58.0 Å². The van der Waals surface area contributed by atoms with Gasteiger partial charge in [0.05, 0.1) is 16.6 Å². The number of fused-ring (bicyclic) bond motifs is 5. The van der Waals surface area contributed by atoms with Crippen LogP contribution in [0.1, 0.15) is 53.0 Å². The van der Waals surface area contributed by atoms with E-state index in [0.717, 1.165) is 46.1 Å². The summed E-state index contributed by atoms with van der Waals surface area (Å²) in [5.74, 6) is 4.32. The molecule has 0 atom stereocenters. The molecule has 3 N–H and O–H groups in total. The van der Waals surface area contributed by atoms with Crippen molar-refractivity contribution in [1.82, 2.24) is 55.3 Å². The van der Waals surface area contributed by atoms with E-state index in [1.807, 2.05) is 0 Å². The predicted octanol–water partition coefficient (Wildman–Crippen LogP) is 2.62. The molecule has 26 nitrogen and oxygen atoms in total. The number of hydrogen-bond acceptors (Lipinski definition) is 21. The lowest BCUT2D eigenvalue weighted by atomic mass is 10.2. The van der Waals surface area contributed by atoms with Crippen LogP contribution in [-0.4, -0.2) is 139 Å². The minimum absolute atomic E-state index is 0.0898. The summed E-state index contributed by atoms with van der Waals surface area (Å²) in [7, 11) is -6.61. The molecule has 0 saturated carbocycles. The van der Waals surface area contributed by atoms with Gasteiger partial charge in [0.25, 0.3) is 16.7 Å². The molecule has 3 aliphatic heterocycles. The highest BCUT2D eigenvalue weighted by atomic mass is 32.2. The topological polar surface area (TPSA) is 346 Å². The van der Waals surface area contributed by atoms with Gasteiger partial charge in [-0.25, -0.2) is 57.3 Å². The maximum atomic E-state index is 13.0. The van der Waals surface area contributed by atoms with Gasteiger partial charge in [0.1, 0.15) is 26.4 Å². The Labute approximate surface area is 508 Å². The lowest BCUT2D eigenvalue weighted by molar-refractivity contribution is 0.438. The number of nitrogens with one attached hydrogen (secondary N) is 3. The SMILES string of the molecule is CN(CCCn1c2c(c(=O)[nH]c1=O)CSCC2)S(=O)(=O)c1ccc2oc(=O)ccc2c1.CN(CCCn1c2c(c(=O)[nH]c1=O)CSCC2)S(=O)(=O)c1cccc2nsnc12.CN(CCCn1c2c(c(=O)[nH]c1=O)CSCC2)S(=O)(=O)c1cccnc1. The molecule has 0 fully saturated rings. The average molecular weight is 1310 g/mol. The van der Waals surface area contributed by atoms with Crippen molar-refractivity contribution in [3.05, 3.63) is 180 Å². The molecule has 11 rings (SSSR count). The van der Waals surface area contributed by atoms with E-state index in [2.05, 4.69) is 28.7 Å². The Hall–Kier alpha value is -6.56. The normalized spacial score (nSPS) is 14.3. The molecule has 0 unspecified atom stereocenters. The molecule has 0 spiro atoms. The number of aromatic amines is 3. The van der Waals surface area contributed by atoms with E-state index in [1.165, 1.54) is 88.9 Å². The molecule has 2 aromatic carbocycles. The van der Waals surface area contributed by atoms with Gasteiger partial charge in [0.15, 0.2) is 0 Å². The Bertz CT molecular complexity index is 4620. The van der Waals surface area contributed by atoms with Gasteiger partial charge in [-0.2, -0.15) is 44.0 Å². The summed E-state index contributed by atoms with van der Waals surface area (Å²) in [4.78, 5) is 95.3. The van der Waals surface area contributed by atoms with E-state index in [0.29, 0.717) is 114 Å². The van der Waals surface area contributed by atoms with Gasteiger partial charge in [-0.15, -0.1) is 0 Å². The number of nitrogens with zero attached hydrogens (tertiary/aromatic N) is 9. The third-order valence-corrected chi connectivity index (χ3v) is 23.7. The van der Waals surface area contributed by atoms with Gasteiger partial charge in [0.2, 0.25) is 30.1 Å². The van der Waals surface area contributed by atoms with Crippen LogP contribution in [0, 0.1) is 0 Å². The number of H-pyrrole nitrogens is 3. The Balaban J connectivity index is 0.000000155. The van der Waals surface area contributed by atoms with Crippen LogP contribution in [0.5, 0.6) is 0 Å². The second kappa shape index (κ2) is 27.6. The molecule has 3 aliphatic rings. The number of hydrogen-bond donors (Lipinski definition) is 3. The number of aromatic nitrogens is 9. The Morgan fingerprint density at radius 1 is 0.547 bits per heavy atom.